The molecule has 0 spiro atoms. The third kappa shape index (κ3) is 0.764. The van der Waals surface area contributed by atoms with Crippen molar-refractivity contribution in [1.82, 2.24) is 4.98 Å². The predicted molar refractivity (Wildman–Crippen MR) is 41.8 cm³/mol. The molecule has 0 amide bonds. The van der Waals surface area contributed by atoms with Crippen molar-refractivity contribution in [1.29, 1.82) is 0 Å². The van der Waals surface area contributed by atoms with Crippen molar-refractivity contribution in [2.24, 2.45) is 10.9 Å². The molecule has 52 valence electrons. The average molecular weight is 134 g/mol. The molecule has 0 saturated heterocycles. The number of aromatic amines is 1. The Balaban J connectivity index is 2.43. The lowest BCUT2D eigenvalue weighted by Crippen LogP contribution is -2.04. The van der Waals surface area contributed by atoms with Crippen LogP contribution in [0.1, 0.15) is 12.5 Å². The van der Waals surface area contributed by atoms with E-state index in [4.69, 9.17) is 0 Å². The minimum absolute atomic E-state index is 0.600. The van der Waals surface area contributed by atoms with Crippen molar-refractivity contribution in [3.8, 4) is 0 Å². The number of hydrogen-bond acceptors (Lipinski definition) is 1. The van der Waals surface area contributed by atoms with Crippen molar-refractivity contribution in [2.75, 3.05) is 0 Å². The number of nitrogens with zero attached hydrogens (tertiary/aromatic N) is 1. The number of aliphatic imine (C=N–C) groups is 1. The van der Waals surface area contributed by atoms with Gasteiger partial charge in [-0.3, -0.25) is 0 Å². The largest absolute Gasteiger partial charge is 0.346 e. The van der Waals surface area contributed by atoms with Gasteiger partial charge in [0.1, 0.15) is 5.82 Å². The maximum Gasteiger partial charge on any atom is 0.132 e. The topological polar surface area (TPSA) is 28.1 Å². The van der Waals surface area contributed by atoms with E-state index < -0.39 is 0 Å². The van der Waals surface area contributed by atoms with Crippen LogP contribution in [0, 0.1) is 5.92 Å². The molecule has 0 fully saturated rings. The van der Waals surface area contributed by atoms with Crippen LogP contribution in [0.5, 0.6) is 0 Å². The summed E-state index contributed by atoms with van der Waals surface area (Å²) in [4.78, 5) is 7.33. The first-order valence-electron chi connectivity index (χ1n) is 3.56. The van der Waals surface area contributed by atoms with E-state index in [0.717, 1.165) is 12.2 Å². The molecule has 1 N–H and O–H groups in total. The minimum atomic E-state index is 0.600. The second kappa shape index (κ2) is 1.97. The fourth-order valence-electron chi connectivity index (χ4n) is 1.28. The summed E-state index contributed by atoms with van der Waals surface area (Å²) in [5.74, 6) is 1.64. The van der Waals surface area contributed by atoms with Gasteiger partial charge in [0.2, 0.25) is 0 Å². The molecule has 0 radical (unpaired) electrons. The van der Waals surface area contributed by atoms with Crippen molar-refractivity contribution in [3.05, 3.63) is 17.8 Å². The van der Waals surface area contributed by atoms with Gasteiger partial charge in [-0.25, -0.2) is 4.99 Å². The number of nitrogens with one attached hydrogen (secondary N) is 1. The number of rotatable bonds is 0. The highest BCUT2D eigenvalue weighted by atomic mass is 14.9. The van der Waals surface area contributed by atoms with Crippen molar-refractivity contribution < 1.29 is 0 Å². The molecule has 2 nitrogen and oxygen atoms in total. The van der Waals surface area contributed by atoms with E-state index in [9.17, 15) is 0 Å². The minimum Gasteiger partial charge on any atom is -0.346 e. The Kier molecular flexibility index (Phi) is 1.13. The summed E-state index contributed by atoms with van der Waals surface area (Å²) in [5, 5.41) is 0. The molecule has 2 heteroatoms. The molecular weight excluding hydrogens is 124 g/mol. The standard InChI is InChI=1S/C8H10N2/c1-6-4-7-2-3-9-8(7)10-5-6/h2-3,5-6,9H,4H2,1H3. The highest BCUT2D eigenvalue weighted by Gasteiger charge is 2.10. The highest BCUT2D eigenvalue weighted by Crippen LogP contribution is 2.23. The predicted octanol–water partition coefficient (Wildman–Crippen LogP) is 1.91. The molecule has 10 heavy (non-hydrogen) atoms. The summed E-state index contributed by atoms with van der Waals surface area (Å²) in [6.07, 6.45) is 5.07. The maximum absolute atomic E-state index is 4.25. The number of fused-ring (bicyclic) bond motifs is 1. The lowest BCUT2D eigenvalue weighted by molar-refractivity contribution is 0.771. The van der Waals surface area contributed by atoms with Gasteiger partial charge in [-0.2, -0.15) is 0 Å². The molecule has 1 aliphatic rings. The van der Waals surface area contributed by atoms with Crippen LogP contribution < -0.4 is 0 Å². The summed E-state index contributed by atoms with van der Waals surface area (Å²) < 4.78 is 0. The van der Waals surface area contributed by atoms with Gasteiger partial charge in [0.15, 0.2) is 0 Å². The Morgan fingerprint density at radius 3 is 3.50 bits per heavy atom. The van der Waals surface area contributed by atoms with E-state index in [2.05, 4.69) is 23.0 Å². The average Bonchev–Trinajstić information content (AvgIpc) is 2.33. The SMILES string of the molecule is CC1C=Nc2[nH]ccc2C1. The fraction of sp³-hybridized carbons (Fsp3) is 0.375. The van der Waals surface area contributed by atoms with Gasteiger partial charge in [-0.05, 0) is 24.0 Å². The van der Waals surface area contributed by atoms with Crippen LogP contribution in [-0.4, -0.2) is 11.2 Å². The van der Waals surface area contributed by atoms with Gasteiger partial charge in [0.25, 0.3) is 0 Å². The Hall–Kier alpha value is -1.05. The Bertz CT molecular complexity index is 260. The number of aromatic nitrogens is 1. The van der Waals surface area contributed by atoms with Crippen LogP contribution in [0.15, 0.2) is 17.3 Å². The Labute approximate surface area is 60.0 Å². The molecule has 0 aliphatic carbocycles. The molecule has 1 aliphatic heterocycles. The zero-order valence-corrected chi connectivity index (χ0v) is 5.96. The molecule has 2 heterocycles. The molecule has 1 unspecified atom stereocenters. The first-order valence-corrected chi connectivity index (χ1v) is 3.56. The second-order valence-corrected chi connectivity index (χ2v) is 2.81. The second-order valence-electron chi connectivity index (χ2n) is 2.81. The van der Waals surface area contributed by atoms with Gasteiger partial charge >= 0.3 is 0 Å². The number of H-pyrrole nitrogens is 1. The Morgan fingerprint density at radius 2 is 2.60 bits per heavy atom. The molecular formula is C8H10N2. The molecule has 1 aromatic rings. The third-order valence-corrected chi connectivity index (χ3v) is 1.81. The number of hydrogen-bond donors (Lipinski definition) is 1. The van der Waals surface area contributed by atoms with E-state index in [-0.39, 0.29) is 0 Å². The third-order valence-electron chi connectivity index (χ3n) is 1.81. The summed E-state index contributed by atoms with van der Waals surface area (Å²) in [7, 11) is 0. The van der Waals surface area contributed by atoms with Crippen LogP contribution in [-0.2, 0) is 6.42 Å². The van der Waals surface area contributed by atoms with Crippen LogP contribution in [0.2, 0.25) is 0 Å². The van der Waals surface area contributed by atoms with Gasteiger partial charge in [-0.15, -0.1) is 0 Å². The van der Waals surface area contributed by atoms with E-state index in [1.165, 1.54) is 5.56 Å². The molecule has 1 aromatic heterocycles. The van der Waals surface area contributed by atoms with Crippen LogP contribution in [0.4, 0.5) is 5.82 Å². The molecule has 0 aromatic carbocycles. The molecule has 2 rings (SSSR count). The van der Waals surface area contributed by atoms with Crippen molar-refractivity contribution in [3.63, 3.8) is 0 Å². The van der Waals surface area contributed by atoms with E-state index in [1.54, 1.807) is 0 Å². The summed E-state index contributed by atoms with van der Waals surface area (Å²) >= 11 is 0. The van der Waals surface area contributed by atoms with Crippen molar-refractivity contribution in [2.45, 2.75) is 13.3 Å². The summed E-state index contributed by atoms with van der Waals surface area (Å²) in [6.45, 7) is 2.18. The van der Waals surface area contributed by atoms with Crippen LogP contribution >= 0.6 is 0 Å². The summed E-state index contributed by atoms with van der Waals surface area (Å²) in [5.41, 5.74) is 1.34. The van der Waals surface area contributed by atoms with E-state index in [0.29, 0.717) is 5.92 Å². The van der Waals surface area contributed by atoms with Crippen molar-refractivity contribution >= 4 is 12.0 Å². The Morgan fingerprint density at radius 1 is 1.70 bits per heavy atom. The monoisotopic (exact) mass is 134 g/mol. The first-order chi connectivity index (χ1) is 4.86. The van der Waals surface area contributed by atoms with Gasteiger partial charge < -0.3 is 4.98 Å². The molecule has 0 saturated carbocycles. The lowest BCUT2D eigenvalue weighted by atomic mass is 10.0. The zero-order chi connectivity index (χ0) is 6.97. The quantitative estimate of drug-likeness (QED) is 0.561. The van der Waals surface area contributed by atoms with E-state index >= 15 is 0 Å². The molecule has 1 atom stereocenters. The maximum atomic E-state index is 4.25. The highest BCUT2D eigenvalue weighted by molar-refractivity contribution is 5.69. The van der Waals surface area contributed by atoms with Crippen LogP contribution in [0.3, 0.4) is 0 Å². The zero-order valence-electron chi connectivity index (χ0n) is 5.96. The lowest BCUT2D eigenvalue weighted by Gasteiger charge is -2.09. The van der Waals surface area contributed by atoms with Gasteiger partial charge in [-0.1, -0.05) is 6.92 Å². The smallest absolute Gasteiger partial charge is 0.132 e. The van der Waals surface area contributed by atoms with Gasteiger partial charge in [0.05, 0.1) is 0 Å². The normalized spacial score (nSPS) is 22.7. The fourth-order valence-corrected chi connectivity index (χ4v) is 1.28. The molecule has 0 bridgehead atoms. The van der Waals surface area contributed by atoms with Gasteiger partial charge in [0, 0.05) is 12.4 Å². The van der Waals surface area contributed by atoms with E-state index in [1.807, 2.05) is 12.4 Å². The van der Waals surface area contributed by atoms with Crippen LogP contribution in [0.25, 0.3) is 0 Å². The first kappa shape index (κ1) is 5.71. The summed E-state index contributed by atoms with van der Waals surface area (Å²) in [6, 6.07) is 2.10.